The van der Waals surface area contributed by atoms with Crippen LogP contribution < -0.4 is 16.7 Å². The van der Waals surface area contributed by atoms with Crippen LogP contribution in [-0.4, -0.2) is 52.3 Å². The van der Waals surface area contributed by atoms with Gasteiger partial charge in [0.1, 0.15) is 6.10 Å². The Hall–Kier alpha value is -3.59. The van der Waals surface area contributed by atoms with Crippen molar-refractivity contribution in [3.8, 4) is 0 Å². The number of aryl methyl sites for hydroxylation is 1. The van der Waals surface area contributed by atoms with Crippen molar-refractivity contribution in [2.24, 2.45) is 11.7 Å². The van der Waals surface area contributed by atoms with E-state index in [1.54, 1.807) is 10.6 Å². The molecular weight excluding hydrogens is 470 g/mol. The van der Waals surface area contributed by atoms with Gasteiger partial charge in [0.2, 0.25) is 0 Å². The van der Waals surface area contributed by atoms with Crippen LogP contribution in [0.3, 0.4) is 0 Å². The summed E-state index contributed by atoms with van der Waals surface area (Å²) in [7, 11) is 0. The van der Waals surface area contributed by atoms with Crippen LogP contribution in [0.2, 0.25) is 0 Å². The summed E-state index contributed by atoms with van der Waals surface area (Å²) >= 11 is 0. The van der Waals surface area contributed by atoms with Gasteiger partial charge in [0, 0.05) is 25.6 Å². The van der Waals surface area contributed by atoms with E-state index in [4.69, 9.17) is 10.5 Å². The third-order valence-electron chi connectivity index (χ3n) is 7.16. The molecule has 1 aliphatic rings. The van der Waals surface area contributed by atoms with Crippen molar-refractivity contribution >= 4 is 23.2 Å². The number of nitrogens with zero attached hydrogens (tertiary/aromatic N) is 3. The highest BCUT2D eigenvalue weighted by molar-refractivity contribution is 5.89. The number of ether oxygens (including phenoxy) is 1. The van der Waals surface area contributed by atoms with E-state index in [-0.39, 0.29) is 23.9 Å². The number of para-hydroxylation sites is 2. The van der Waals surface area contributed by atoms with Crippen molar-refractivity contribution in [1.29, 1.82) is 0 Å². The van der Waals surface area contributed by atoms with Gasteiger partial charge in [0.15, 0.2) is 0 Å². The molecule has 4 rings (SSSR count). The Labute approximate surface area is 217 Å². The molecule has 0 aliphatic carbocycles. The highest BCUT2D eigenvalue weighted by Crippen LogP contribution is 2.24. The molecule has 3 aromatic rings. The SMILES string of the molecule is Cc1ccc(C(CCN2CCC(CNC(=O)n3c(=O)n(C(C)C)c4ccccc43)CC2)OC(N)=O)cc1. The van der Waals surface area contributed by atoms with E-state index in [0.29, 0.717) is 24.4 Å². The third-order valence-corrected chi connectivity index (χ3v) is 7.16. The maximum Gasteiger partial charge on any atom is 0.405 e. The van der Waals surface area contributed by atoms with Gasteiger partial charge in [-0.1, -0.05) is 42.0 Å². The minimum atomic E-state index is -0.768. The summed E-state index contributed by atoms with van der Waals surface area (Å²) in [4.78, 5) is 39.8. The van der Waals surface area contributed by atoms with Crippen LogP contribution in [0.4, 0.5) is 9.59 Å². The normalized spacial score (nSPS) is 15.7. The molecular formula is C28H37N5O4. The molecule has 1 unspecified atom stereocenters. The maximum atomic E-state index is 13.0. The zero-order valence-electron chi connectivity index (χ0n) is 21.9. The van der Waals surface area contributed by atoms with Crippen LogP contribution in [0.1, 0.15) is 56.4 Å². The third kappa shape index (κ3) is 6.22. The summed E-state index contributed by atoms with van der Waals surface area (Å²) in [5, 5.41) is 2.99. The number of likely N-dealkylation sites (tertiary alicyclic amines) is 1. The molecule has 1 aliphatic heterocycles. The zero-order chi connectivity index (χ0) is 26.5. The van der Waals surface area contributed by atoms with Gasteiger partial charge in [-0.25, -0.2) is 19.0 Å². The fraction of sp³-hybridized carbons (Fsp3) is 0.464. The second kappa shape index (κ2) is 11.6. The fourth-order valence-electron chi connectivity index (χ4n) is 5.11. The summed E-state index contributed by atoms with van der Waals surface area (Å²) < 4.78 is 8.28. The molecule has 1 saturated heterocycles. The molecule has 3 N–H and O–H groups in total. The second-order valence-corrected chi connectivity index (χ2v) is 10.2. The molecule has 2 amide bonds. The fourth-order valence-corrected chi connectivity index (χ4v) is 5.11. The number of rotatable bonds is 8. The molecule has 0 radical (unpaired) electrons. The number of carbonyl (C=O) groups excluding carboxylic acids is 2. The average Bonchev–Trinajstić information content (AvgIpc) is 3.18. The quantitative estimate of drug-likeness (QED) is 0.475. The van der Waals surface area contributed by atoms with Crippen LogP contribution in [0, 0.1) is 12.8 Å². The largest absolute Gasteiger partial charge is 0.441 e. The number of fused-ring (bicyclic) bond motifs is 1. The molecule has 0 spiro atoms. The number of imidazole rings is 1. The van der Waals surface area contributed by atoms with Gasteiger partial charge in [-0.2, -0.15) is 0 Å². The summed E-state index contributed by atoms with van der Waals surface area (Å²) in [6, 6.07) is 14.9. The molecule has 9 nitrogen and oxygen atoms in total. The molecule has 1 aromatic heterocycles. The van der Waals surface area contributed by atoms with Gasteiger partial charge in [0.25, 0.3) is 0 Å². The number of primary amides is 1. The van der Waals surface area contributed by atoms with Crippen molar-refractivity contribution in [3.05, 3.63) is 70.1 Å². The van der Waals surface area contributed by atoms with Crippen LogP contribution in [0.5, 0.6) is 0 Å². The van der Waals surface area contributed by atoms with E-state index in [1.807, 2.05) is 63.2 Å². The summed E-state index contributed by atoms with van der Waals surface area (Å²) in [6.45, 7) is 8.99. The Morgan fingerprint density at radius 1 is 1.05 bits per heavy atom. The van der Waals surface area contributed by atoms with Gasteiger partial charge >= 0.3 is 17.8 Å². The second-order valence-electron chi connectivity index (χ2n) is 10.2. The van der Waals surface area contributed by atoms with Crippen LogP contribution in [-0.2, 0) is 4.74 Å². The first kappa shape index (κ1) is 26.5. The molecule has 9 heteroatoms. The lowest BCUT2D eigenvalue weighted by Crippen LogP contribution is -2.42. The first-order chi connectivity index (χ1) is 17.7. The minimum absolute atomic E-state index is 0.0465. The number of hydrogen-bond acceptors (Lipinski definition) is 5. The van der Waals surface area contributed by atoms with Crippen molar-refractivity contribution in [1.82, 2.24) is 19.4 Å². The molecule has 37 heavy (non-hydrogen) atoms. The highest BCUT2D eigenvalue weighted by atomic mass is 16.6. The summed E-state index contributed by atoms with van der Waals surface area (Å²) in [6.07, 6.45) is 1.40. The Balaban J connectivity index is 1.30. The predicted molar refractivity (Wildman–Crippen MR) is 144 cm³/mol. The summed E-state index contributed by atoms with van der Waals surface area (Å²) in [5.41, 5.74) is 8.46. The maximum absolute atomic E-state index is 13.0. The van der Waals surface area contributed by atoms with E-state index < -0.39 is 6.09 Å². The van der Waals surface area contributed by atoms with Gasteiger partial charge in [-0.05, 0) is 70.3 Å². The summed E-state index contributed by atoms with van der Waals surface area (Å²) in [5.74, 6) is 0.337. The molecule has 2 aromatic carbocycles. The number of carbonyl (C=O) groups is 2. The van der Waals surface area contributed by atoms with E-state index in [1.165, 1.54) is 4.57 Å². The lowest BCUT2D eigenvalue weighted by molar-refractivity contribution is 0.0860. The van der Waals surface area contributed by atoms with E-state index >= 15 is 0 Å². The Morgan fingerprint density at radius 2 is 1.70 bits per heavy atom. The van der Waals surface area contributed by atoms with Crippen molar-refractivity contribution in [2.45, 2.75) is 52.2 Å². The van der Waals surface area contributed by atoms with Gasteiger partial charge in [-0.3, -0.25) is 4.57 Å². The number of nitrogens with two attached hydrogens (primary N) is 1. The number of aromatic nitrogens is 2. The van der Waals surface area contributed by atoms with Crippen molar-refractivity contribution in [2.75, 3.05) is 26.2 Å². The lowest BCUT2D eigenvalue weighted by atomic mass is 9.96. The van der Waals surface area contributed by atoms with Gasteiger partial charge in [0.05, 0.1) is 11.0 Å². The molecule has 0 bridgehead atoms. The van der Waals surface area contributed by atoms with Crippen LogP contribution in [0.25, 0.3) is 11.0 Å². The van der Waals surface area contributed by atoms with Gasteiger partial charge in [-0.15, -0.1) is 0 Å². The van der Waals surface area contributed by atoms with E-state index in [2.05, 4.69) is 10.2 Å². The first-order valence-corrected chi connectivity index (χ1v) is 13.0. The minimum Gasteiger partial charge on any atom is -0.441 e. The van der Waals surface area contributed by atoms with Crippen LogP contribution >= 0.6 is 0 Å². The number of nitrogens with one attached hydrogen (secondary N) is 1. The molecule has 1 atom stereocenters. The number of benzene rings is 2. The molecule has 1 fully saturated rings. The molecule has 198 valence electrons. The number of amides is 2. The predicted octanol–water partition coefficient (Wildman–Crippen LogP) is 4.19. The monoisotopic (exact) mass is 507 g/mol. The lowest BCUT2D eigenvalue weighted by Gasteiger charge is -2.32. The highest BCUT2D eigenvalue weighted by Gasteiger charge is 2.24. The Morgan fingerprint density at radius 3 is 2.32 bits per heavy atom. The zero-order valence-corrected chi connectivity index (χ0v) is 21.9. The number of piperidine rings is 1. The van der Waals surface area contributed by atoms with Crippen LogP contribution in [0.15, 0.2) is 53.3 Å². The smallest absolute Gasteiger partial charge is 0.405 e. The molecule has 0 saturated carbocycles. The average molecular weight is 508 g/mol. The first-order valence-electron chi connectivity index (χ1n) is 13.0. The van der Waals surface area contributed by atoms with E-state index in [0.717, 1.165) is 49.1 Å². The standard InChI is InChI=1S/C28H37N5O4/c1-19(2)32-23-6-4-5-7-24(23)33(28(32)36)27(35)30-18-21-12-15-31(16-13-21)17-14-25(37-26(29)34)22-10-8-20(3)9-11-22/h4-11,19,21,25H,12-18H2,1-3H3,(H2,29,34)(H,30,35). The topological polar surface area (TPSA) is 112 Å². The van der Waals surface area contributed by atoms with Crippen molar-refractivity contribution in [3.63, 3.8) is 0 Å². The van der Waals surface area contributed by atoms with E-state index in [9.17, 15) is 14.4 Å². The van der Waals surface area contributed by atoms with Gasteiger partial charge < -0.3 is 20.7 Å². The Kier molecular flexibility index (Phi) is 8.33. The molecule has 2 heterocycles. The number of hydrogen-bond donors (Lipinski definition) is 2. The van der Waals surface area contributed by atoms with Crippen molar-refractivity contribution < 1.29 is 14.3 Å². The Bertz CT molecular complexity index is 1290.